The molecule has 1 aliphatic heterocycles. The minimum Gasteiger partial charge on any atom is -0.379 e. The van der Waals surface area contributed by atoms with Crippen molar-refractivity contribution in [3.63, 3.8) is 0 Å². The van der Waals surface area contributed by atoms with Gasteiger partial charge in [-0.3, -0.25) is 28.9 Å². The lowest BCUT2D eigenvalue weighted by atomic mass is 9.83. The molecule has 1 saturated heterocycles. The molecule has 0 unspecified atom stereocenters. The highest BCUT2D eigenvalue weighted by Gasteiger charge is 2.43. The van der Waals surface area contributed by atoms with Crippen LogP contribution in [-0.2, 0) is 39.9 Å². The van der Waals surface area contributed by atoms with Crippen LogP contribution in [0.5, 0.6) is 0 Å². The van der Waals surface area contributed by atoms with Crippen LogP contribution in [0.1, 0.15) is 98.1 Å². The predicted octanol–water partition coefficient (Wildman–Crippen LogP) is 7.49. The monoisotopic (exact) mass is 833 g/mol. The first kappa shape index (κ1) is 50.4. The number of likely N-dealkylation sites (tertiary alicyclic amines) is 1. The van der Waals surface area contributed by atoms with Gasteiger partial charge in [0.1, 0.15) is 5.78 Å². The van der Waals surface area contributed by atoms with Crippen LogP contribution < -0.4 is 5.32 Å². The summed E-state index contributed by atoms with van der Waals surface area (Å²) in [5, 5.41) is 3.02. The molecule has 0 bridgehead atoms. The average molecular weight is 833 g/mol. The van der Waals surface area contributed by atoms with E-state index in [4.69, 9.17) is 9.47 Å². The quantitative estimate of drug-likeness (QED) is 0.115. The Morgan fingerprint density at radius 2 is 1.45 bits per heavy atom. The molecule has 1 fully saturated rings. The lowest BCUT2D eigenvalue weighted by Crippen LogP contribution is -2.54. The summed E-state index contributed by atoms with van der Waals surface area (Å²) < 4.78 is 12.2. The zero-order chi connectivity index (χ0) is 44.8. The molecule has 0 radical (unpaired) electrons. The Balaban J connectivity index is 1.81. The SMILES string of the molecule is CC[C@H](C)[C@@H]([C@@H](CC(=O)N1CCC[C@H]1[C@H](OC)[C@@H](C)C(=O)C[C@@H](Cc1ccccc1)C(=O)Nc1ccc(C)cc1)OC)N(C)C(=O)[C@@H](CC(=O)[C@H](C(C)C)N(C)C)C(C)C. The Morgan fingerprint density at radius 1 is 0.817 bits per heavy atom. The lowest BCUT2D eigenvalue weighted by Gasteiger charge is -2.41. The number of benzene rings is 2. The first-order valence-corrected chi connectivity index (χ1v) is 22.1. The highest BCUT2D eigenvalue weighted by Crippen LogP contribution is 2.32. The number of carbonyl (C=O) groups is 5. The topological polar surface area (TPSA) is 126 Å². The van der Waals surface area contributed by atoms with Crippen molar-refractivity contribution in [2.24, 2.45) is 35.5 Å². The number of likely N-dealkylation sites (N-methyl/N-ethyl adjacent to an activating group) is 2. The highest BCUT2D eigenvalue weighted by atomic mass is 16.5. The maximum absolute atomic E-state index is 14.4. The van der Waals surface area contributed by atoms with Crippen molar-refractivity contribution in [1.29, 1.82) is 0 Å². The average Bonchev–Trinajstić information content (AvgIpc) is 3.69. The largest absolute Gasteiger partial charge is 0.379 e. The number of nitrogens with one attached hydrogen (secondary N) is 1. The second-order valence-corrected chi connectivity index (χ2v) is 18.2. The summed E-state index contributed by atoms with van der Waals surface area (Å²) in [6.45, 7) is 16.5. The molecule has 3 amide bonds. The van der Waals surface area contributed by atoms with Crippen molar-refractivity contribution in [2.75, 3.05) is 47.2 Å². The Morgan fingerprint density at radius 3 is 1.98 bits per heavy atom. The maximum Gasteiger partial charge on any atom is 0.228 e. The van der Waals surface area contributed by atoms with Crippen molar-refractivity contribution in [3.8, 4) is 0 Å². The fraction of sp³-hybridized carbons (Fsp3) is 0.653. The zero-order valence-corrected chi connectivity index (χ0v) is 38.9. The summed E-state index contributed by atoms with van der Waals surface area (Å²) in [5.74, 6) is -2.22. The molecule has 334 valence electrons. The predicted molar refractivity (Wildman–Crippen MR) is 239 cm³/mol. The zero-order valence-electron chi connectivity index (χ0n) is 38.9. The molecule has 3 rings (SSSR count). The van der Waals surface area contributed by atoms with Crippen molar-refractivity contribution in [3.05, 3.63) is 65.7 Å². The minimum absolute atomic E-state index is 0.00353. The summed E-state index contributed by atoms with van der Waals surface area (Å²) in [5.41, 5.74) is 2.72. The van der Waals surface area contributed by atoms with E-state index in [1.165, 1.54) is 0 Å². The smallest absolute Gasteiger partial charge is 0.228 e. The fourth-order valence-electron chi connectivity index (χ4n) is 9.27. The maximum atomic E-state index is 14.4. The number of anilines is 1. The summed E-state index contributed by atoms with van der Waals surface area (Å²) in [6, 6.07) is 16.2. The minimum atomic E-state index is -0.611. The van der Waals surface area contributed by atoms with Gasteiger partial charge in [0, 0.05) is 64.1 Å². The second-order valence-electron chi connectivity index (χ2n) is 18.2. The van der Waals surface area contributed by atoms with E-state index in [0.29, 0.717) is 25.1 Å². The van der Waals surface area contributed by atoms with Gasteiger partial charge in [-0.25, -0.2) is 0 Å². The van der Waals surface area contributed by atoms with Crippen molar-refractivity contribution >= 4 is 35.0 Å². The third-order valence-electron chi connectivity index (χ3n) is 12.9. The van der Waals surface area contributed by atoms with Gasteiger partial charge in [-0.05, 0) is 75.7 Å². The Hall–Kier alpha value is -3.93. The number of ether oxygens (including phenoxy) is 2. The Bertz CT molecular complexity index is 1670. The van der Waals surface area contributed by atoms with E-state index in [9.17, 15) is 24.0 Å². The van der Waals surface area contributed by atoms with Gasteiger partial charge in [-0.15, -0.1) is 0 Å². The number of hydrogen-bond donors (Lipinski definition) is 1. The molecule has 2 aromatic rings. The second kappa shape index (κ2) is 23.9. The third-order valence-corrected chi connectivity index (χ3v) is 12.9. The van der Waals surface area contributed by atoms with Crippen LogP contribution in [-0.4, -0.2) is 116 Å². The van der Waals surface area contributed by atoms with Gasteiger partial charge in [0.15, 0.2) is 5.78 Å². The summed E-state index contributed by atoms with van der Waals surface area (Å²) in [7, 11) is 8.74. The molecular formula is C49H76N4O7. The molecule has 1 heterocycles. The molecule has 1 N–H and O–H groups in total. The number of methoxy groups -OCH3 is 2. The number of ketones is 2. The van der Waals surface area contributed by atoms with Crippen molar-refractivity contribution < 1.29 is 33.4 Å². The third kappa shape index (κ3) is 13.5. The molecule has 0 spiro atoms. The van der Waals surface area contributed by atoms with E-state index in [1.807, 2.05) is 120 Å². The Kier molecular flexibility index (Phi) is 20.1. The molecule has 11 heteroatoms. The highest BCUT2D eigenvalue weighted by molar-refractivity contribution is 5.96. The van der Waals surface area contributed by atoms with Crippen LogP contribution in [0.2, 0.25) is 0 Å². The number of Topliss-reactive ketones (excluding diaryl/α,β-unsaturated/α-hetero) is 2. The van der Waals surface area contributed by atoms with Gasteiger partial charge in [-0.2, -0.15) is 0 Å². The van der Waals surface area contributed by atoms with E-state index in [0.717, 1.165) is 24.0 Å². The van der Waals surface area contributed by atoms with Gasteiger partial charge in [0.25, 0.3) is 0 Å². The van der Waals surface area contributed by atoms with Crippen LogP contribution in [0.3, 0.4) is 0 Å². The standard InChI is InChI=1S/C49H76N4O7/c1-14-34(7)46(52(11)49(58)39(31(2)3)29-42(55)45(32(4)5)51(9)10)43(59-12)30-44(56)53-26-18-21-40(53)47(60-13)35(8)41(54)28-37(27-36-19-16-15-17-20-36)48(57)50-38-24-22-33(6)23-25-38/h15-17,19-20,22-25,31-32,34-35,37,39-40,43,45-47H,14,18,21,26-30H2,1-13H3,(H,50,57)/t34-,35-,37+,39-,40-,43+,45-,46-,47+/m0/s1. The van der Waals surface area contributed by atoms with Crippen molar-refractivity contribution in [1.82, 2.24) is 14.7 Å². The molecule has 60 heavy (non-hydrogen) atoms. The van der Waals surface area contributed by atoms with Crippen LogP contribution >= 0.6 is 0 Å². The van der Waals surface area contributed by atoms with Crippen LogP contribution in [0.15, 0.2) is 54.6 Å². The van der Waals surface area contributed by atoms with Gasteiger partial charge < -0.3 is 24.6 Å². The molecule has 0 saturated carbocycles. The molecular weight excluding hydrogens is 757 g/mol. The first-order valence-electron chi connectivity index (χ1n) is 22.1. The molecule has 0 aromatic heterocycles. The van der Waals surface area contributed by atoms with Gasteiger partial charge >= 0.3 is 0 Å². The molecule has 0 aliphatic carbocycles. The molecule has 1 aliphatic rings. The van der Waals surface area contributed by atoms with E-state index < -0.39 is 36.0 Å². The van der Waals surface area contributed by atoms with Crippen LogP contribution in [0, 0.1) is 42.4 Å². The van der Waals surface area contributed by atoms with Crippen LogP contribution in [0.25, 0.3) is 0 Å². The normalized spacial score (nSPS) is 18.4. The number of amides is 3. The number of rotatable bonds is 24. The van der Waals surface area contributed by atoms with Crippen LogP contribution in [0.4, 0.5) is 5.69 Å². The van der Waals surface area contributed by atoms with Gasteiger partial charge in [0.05, 0.1) is 36.8 Å². The molecule has 11 nitrogen and oxygen atoms in total. The van der Waals surface area contributed by atoms with E-state index >= 15 is 0 Å². The van der Waals surface area contributed by atoms with Gasteiger partial charge in [0.2, 0.25) is 17.7 Å². The van der Waals surface area contributed by atoms with Gasteiger partial charge in [-0.1, -0.05) is 103 Å². The molecule has 9 atom stereocenters. The molecule has 2 aromatic carbocycles. The van der Waals surface area contributed by atoms with Crippen molar-refractivity contribution in [2.45, 2.75) is 131 Å². The number of nitrogens with zero attached hydrogens (tertiary/aromatic N) is 3. The summed E-state index contributed by atoms with van der Waals surface area (Å²) in [6.07, 6.45) is 1.59. The van der Waals surface area contributed by atoms with E-state index in [-0.39, 0.29) is 78.4 Å². The fourth-order valence-corrected chi connectivity index (χ4v) is 9.27. The number of aryl methyl sites for hydroxylation is 1. The Labute approximate surface area is 361 Å². The summed E-state index contributed by atoms with van der Waals surface area (Å²) in [4.78, 5) is 75.8. The number of hydrogen-bond acceptors (Lipinski definition) is 8. The number of carbonyl (C=O) groups excluding carboxylic acids is 5. The van der Waals surface area contributed by atoms with E-state index in [2.05, 4.69) is 19.2 Å². The lowest BCUT2D eigenvalue weighted by molar-refractivity contribution is -0.149. The first-order chi connectivity index (χ1) is 28.4. The summed E-state index contributed by atoms with van der Waals surface area (Å²) >= 11 is 0. The van der Waals surface area contributed by atoms with E-state index in [1.54, 1.807) is 26.2 Å².